The Hall–Kier alpha value is -0.261. The van der Waals surface area contributed by atoms with Gasteiger partial charge in [-0.25, -0.2) is 4.79 Å². The number of carbonyl (C=O) groups excluding carboxylic acids is 1. The zero-order valence-corrected chi connectivity index (χ0v) is 6.05. The van der Waals surface area contributed by atoms with Gasteiger partial charge in [0, 0.05) is 17.1 Å². The van der Waals surface area contributed by atoms with E-state index in [0.29, 0.717) is 0 Å². The van der Waals surface area contributed by atoms with E-state index in [4.69, 9.17) is 5.11 Å². The number of hydrogen-bond acceptors (Lipinski definition) is 3. The molecule has 3 nitrogen and oxygen atoms in total. The third-order valence-corrected chi connectivity index (χ3v) is 0.556. The number of aliphatic hydroxyl groups is 1. The standard InChI is InChI=1S/C4H5F3O3.Cu/c5-4(6,7)3(9)10-2-1-8;/h8H,1-2H2;. The van der Waals surface area contributed by atoms with Gasteiger partial charge < -0.3 is 9.84 Å². The van der Waals surface area contributed by atoms with Crippen LogP contribution in [0.5, 0.6) is 0 Å². The van der Waals surface area contributed by atoms with Gasteiger partial charge in [-0.05, 0) is 0 Å². The number of alkyl halides is 3. The predicted octanol–water partition coefficient (Wildman–Crippen LogP) is 0.0817. The molecule has 0 aromatic heterocycles. The van der Waals surface area contributed by atoms with Crippen molar-refractivity contribution in [3.63, 3.8) is 0 Å². The van der Waals surface area contributed by atoms with E-state index >= 15 is 0 Å². The van der Waals surface area contributed by atoms with Gasteiger partial charge in [0.25, 0.3) is 0 Å². The van der Waals surface area contributed by atoms with Crippen LogP contribution in [-0.2, 0) is 26.6 Å². The maximum absolute atomic E-state index is 11.2. The first-order valence-electron chi connectivity index (χ1n) is 2.33. The molecular formula is C4H5CuF3O3. The molecule has 0 unspecified atom stereocenters. The second kappa shape index (κ2) is 5.40. The minimum atomic E-state index is -4.96. The number of carbonyl (C=O) groups is 1. The minimum absolute atomic E-state index is 0. The fraction of sp³-hybridized carbons (Fsp3) is 0.750. The van der Waals surface area contributed by atoms with Crippen molar-refractivity contribution in [3.05, 3.63) is 0 Å². The summed E-state index contributed by atoms with van der Waals surface area (Å²) in [6.45, 7) is -1.24. The molecule has 0 aliphatic carbocycles. The normalized spacial score (nSPS) is 10.2. The van der Waals surface area contributed by atoms with E-state index < -0.39 is 25.4 Å². The Morgan fingerprint density at radius 1 is 1.45 bits per heavy atom. The molecule has 0 aromatic rings. The first-order valence-corrected chi connectivity index (χ1v) is 2.33. The Morgan fingerprint density at radius 2 is 1.91 bits per heavy atom. The summed E-state index contributed by atoms with van der Waals surface area (Å²) in [6, 6.07) is 0. The molecule has 0 saturated carbocycles. The topological polar surface area (TPSA) is 46.5 Å². The average molecular weight is 222 g/mol. The number of esters is 1. The zero-order valence-electron chi connectivity index (χ0n) is 5.11. The summed E-state index contributed by atoms with van der Waals surface area (Å²) in [5.74, 6) is -2.28. The molecule has 1 N–H and O–H groups in total. The first kappa shape index (κ1) is 13.3. The summed E-state index contributed by atoms with van der Waals surface area (Å²) in [4.78, 5) is 9.77. The van der Waals surface area contributed by atoms with Crippen LogP contribution in [0.2, 0.25) is 0 Å². The van der Waals surface area contributed by atoms with E-state index in [9.17, 15) is 18.0 Å². The Kier molecular flexibility index (Phi) is 6.54. The molecule has 0 spiro atoms. The van der Waals surface area contributed by atoms with Gasteiger partial charge in [-0.2, -0.15) is 13.2 Å². The summed E-state index contributed by atoms with van der Waals surface area (Å²) in [7, 11) is 0. The van der Waals surface area contributed by atoms with Crippen LogP contribution in [-0.4, -0.2) is 30.5 Å². The van der Waals surface area contributed by atoms with Gasteiger partial charge in [-0.15, -0.1) is 0 Å². The molecule has 0 aliphatic heterocycles. The quantitative estimate of drug-likeness (QED) is 0.531. The van der Waals surface area contributed by atoms with Gasteiger partial charge in [0.2, 0.25) is 0 Å². The SMILES string of the molecule is O=C(OCCO)C(F)(F)F.[Cu]. The van der Waals surface area contributed by atoms with Crippen molar-refractivity contribution in [2.75, 3.05) is 13.2 Å². The predicted molar refractivity (Wildman–Crippen MR) is 24.1 cm³/mol. The molecule has 7 heteroatoms. The van der Waals surface area contributed by atoms with Crippen molar-refractivity contribution in [1.82, 2.24) is 0 Å². The van der Waals surface area contributed by atoms with Crippen molar-refractivity contribution in [2.45, 2.75) is 6.18 Å². The van der Waals surface area contributed by atoms with Gasteiger partial charge in [0.15, 0.2) is 0 Å². The van der Waals surface area contributed by atoms with Crippen LogP contribution in [0.4, 0.5) is 13.2 Å². The van der Waals surface area contributed by atoms with Crippen molar-refractivity contribution in [3.8, 4) is 0 Å². The van der Waals surface area contributed by atoms with Crippen LogP contribution in [0.3, 0.4) is 0 Å². The Labute approximate surface area is 71.0 Å². The molecule has 0 saturated heterocycles. The second-order valence-electron chi connectivity index (χ2n) is 1.36. The maximum atomic E-state index is 11.2. The Balaban J connectivity index is 0. The van der Waals surface area contributed by atoms with Crippen LogP contribution >= 0.6 is 0 Å². The van der Waals surface area contributed by atoms with E-state index in [1.165, 1.54) is 0 Å². The van der Waals surface area contributed by atoms with E-state index in [1.54, 1.807) is 0 Å². The third-order valence-electron chi connectivity index (χ3n) is 0.556. The molecule has 0 bridgehead atoms. The molecule has 71 valence electrons. The Morgan fingerprint density at radius 3 is 2.18 bits per heavy atom. The summed E-state index contributed by atoms with van der Waals surface area (Å²) < 4.78 is 37.2. The van der Waals surface area contributed by atoms with Gasteiger partial charge in [-0.3, -0.25) is 0 Å². The zero-order chi connectivity index (χ0) is 8.20. The maximum Gasteiger partial charge on any atom is 0.490 e. The van der Waals surface area contributed by atoms with Crippen molar-refractivity contribution < 1.29 is 44.9 Å². The largest absolute Gasteiger partial charge is 0.490 e. The molecule has 0 rings (SSSR count). The fourth-order valence-electron chi connectivity index (χ4n) is 0.220. The number of rotatable bonds is 2. The number of ether oxygens (including phenoxy) is 1. The van der Waals surface area contributed by atoms with Crippen LogP contribution < -0.4 is 0 Å². The molecule has 1 radical (unpaired) electrons. The van der Waals surface area contributed by atoms with E-state index in [-0.39, 0.29) is 17.1 Å². The van der Waals surface area contributed by atoms with Gasteiger partial charge in [-0.1, -0.05) is 0 Å². The summed E-state index contributed by atoms with van der Waals surface area (Å²) in [5, 5.41) is 7.94. The molecule has 11 heavy (non-hydrogen) atoms. The average Bonchev–Trinajstić information content (AvgIpc) is 1.80. The summed E-state index contributed by atoms with van der Waals surface area (Å²) in [5.41, 5.74) is 0. The molecule has 0 aliphatic rings. The van der Waals surface area contributed by atoms with Gasteiger partial charge in [0.05, 0.1) is 6.61 Å². The van der Waals surface area contributed by atoms with E-state index in [2.05, 4.69) is 4.74 Å². The number of aliphatic hydroxyl groups excluding tert-OH is 1. The molecule has 0 amide bonds. The monoisotopic (exact) mass is 221 g/mol. The molecule has 0 atom stereocenters. The third kappa shape index (κ3) is 6.15. The summed E-state index contributed by atoms with van der Waals surface area (Å²) >= 11 is 0. The number of hydrogen-bond donors (Lipinski definition) is 1. The molecule has 0 fully saturated rings. The van der Waals surface area contributed by atoms with Gasteiger partial charge in [0.1, 0.15) is 6.61 Å². The van der Waals surface area contributed by atoms with Crippen LogP contribution in [0, 0.1) is 0 Å². The first-order chi connectivity index (χ1) is 4.48. The Bertz CT molecular complexity index is 124. The minimum Gasteiger partial charge on any atom is -0.457 e. The van der Waals surface area contributed by atoms with Crippen molar-refractivity contribution in [2.24, 2.45) is 0 Å². The molecular weight excluding hydrogens is 217 g/mol. The van der Waals surface area contributed by atoms with Crippen molar-refractivity contribution >= 4 is 5.97 Å². The van der Waals surface area contributed by atoms with Crippen molar-refractivity contribution in [1.29, 1.82) is 0 Å². The van der Waals surface area contributed by atoms with E-state index in [1.807, 2.05) is 0 Å². The smallest absolute Gasteiger partial charge is 0.457 e. The summed E-state index contributed by atoms with van der Waals surface area (Å²) in [6.07, 6.45) is -4.96. The van der Waals surface area contributed by atoms with Crippen LogP contribution in [0.25, 0.3) is 0 Å². The molecule has 0 aromatic carbocycles. The number of halogens is 3. The fourth-order valence-corrected chi connectivity index (χ4v) is 0.220. The van der Waals surface area contributed by atoms with E-state index in [0.717, 1.165) is 0 Å². The molecule has 0 heterocycles. The van der Waals surface area contributed by atoms with Crippen LogP contribution in [0.1, 0.15) is 0 Å². The second-order valence-corrected chi connectivity index (χ2v) is 1.36. The van der Waals surface area contributed by atoms with Gasteiger partial charge >= 0.3 is 12.1 Å². The van der Waals surface area contributed by atoms with Crippen LogP contribution in [0.15, 0.2) is 0 Å².